The van der Waals surface area contributed by atoms with Gasteiger partial charge in [-0.05, 0) is 49.9 Å². The van der Waals surface area contributed by atoms with E-state index in [0.29, 0.717) is 18.6 Å². The van der Waals surface area contributed by atoms with Crippen molar-refractivity contribution < 1.29 is 27.8 Å². The van der Waals surface area contributed by atoms with E-state index in [1.54, 1.807) is 18.2 Å². The fourth-order valence-electron chi connectivity index (χ4n) is 2.83. The molecule has 0 aliphatic carbocycles. The van der Waals surface area contributed by atoms with E-state index in [0.717, 1.165) is 24.0 Å². The Bertz CT molecular complexity index is 719. The zero-order valence-corrected chi connectivity index (χ0v) is 15.8. The molecule has 1 aliphatic heterocycles. The summed E-state index contributed by atoms with van der Waals surface area (Å²) in [7, 11) is 0. The molecule has 27 heavy (non-hydrogen) atoms. The predicted octanol–water partition coefficient (Wildman–Crippen LogP) is 4.10. The maximum Gasteiger partial charge on any atom is 0.438 e. The van der Waals surface area contributed by atoms with Crippen LogP contribution in [0.4, 0.5) is 13.2 Å². The van der Waals surface area contributed by atoms with Gasteiger partial charge in [0.25, 0.3) is 11.6 Å². The van der Waals surface area contributed by atoms with Crippen LogP contribution in [-0.2, 0) is 4.79 Å². The SMILES string of the molecule is CCCCCC1=NN(C(=O)COc2ccc(C)c(C)c2)[C@@](O)(C(F)(F)F)C1. The molecule has 0 radical (unpaired) electrons. The molecule has 0 saturated heterocycles. The Balaban J connectivity index is 2.12. The number of amides is 1. The van der Waals surface area contributed by atoms with Crippen molar-refractivity contribution in [3.05, 3.63) is 29.3 Å². The lowest BCUT2D eigenvalue weighted by Gasteiger charge is -2.32. The van der Waals surface area contributed by atoms with Crippen molar-refractivity contribution in [1.29, 1.82) is 0 Å². The quantitative estimate of drug-likeness (QED) is 0.718. The number of carbonyl (C=O) groups excluding carboxylic acids is 1. The number of halogens is 3. The van der Waals surface area contributed by atoms with Crippen molar-refractivity contribution in [1.82, 2.24) is 5.01 Å². The molecular formula is C19H25F3N2O3. The highest BCUT2D eigenvalue weighted by atomic mass is 19.4. The fourth-order valence-corrected chi connectivity index (χ4v) is 2.83. The first-order chi connectivity index (χ1) is 12.6. The molecule has 1 N–H and O–H groups in total. The molecule has 0 aromatic heterocycles. The number of benzene rings is 1. The normalized spacial score (nSPS) is 20.0. The first-order valence-corrected chi connectivity index (χ1v) is 8.97. The highest BCUT2D eigenvalue weighted by molar-refractivity contribution is 5.91. The summed E-state index contributed by atoms with van der Waals surface area (Å²) >= 11 is 0. The van der Waals surface area contributed by atoms with Gasteiger partial charge < -0.3 is 9.84 Å². The molecule has 0 unspecified atom stereocenters. The Hall–Kier alpha value is -2.09. The molecule has 1 aromatic carbocycles. The minimum absolute atomic E-state index is 0.134. The Morgan fingerprint density at radius 1 is 1.30 bits per heavy atom. The Kier molecular flexibility index (Phi) is 6.51. The van der Waals surface area contributed by atoms with Crippen LogP contribution in [0.5, 0.6) is 5.75 Å². The number of hydrogen-bond donors (Lipinski definition) is 1. The van der Waals surface area contributed by atoms with Gasteiger partial charge in [0.15, 0.2) is 6.61 Å². The first kappa shape index (κ1) is 21.2. The second-order valence-electron chi connectivity index (χ2n) is 6.85. The summed E-state index contributed by atoms with van der Waals surface area (Å²) < 4.78 is 45.6. The summed E-state index contributed by atoms with van der Waals surface area (Å²) in [5, 5.41) is 14.1. The van der Waals surface area contributed by atoms with Gasteiger partial charge in [0.2, 0.25) is 0 Å². The lowest BCUT2D eigenvalue weighted by atomic mass is 10.0. The number of alkyl halides is 3. The maximum absolute atomic E-state index is 13.4. The van der Waals surface area contributed by atoms with E-state index >= 15 is 0 Å². The number of ether oxygens (including phenoxy) is 1. The molecule has 5 nitrogen and oxygen atoms in total. The van der Waals surface area contributed by atoms with Crippen LogP contribution in [0.1, 0.15) is 50.2 Å². The number of rotatable bonds is 7. The van der Waals surface area contributed by atoms with Crippen LogP contribution in [0.15, 0.2) is 23.3 Å². The number of carbonyl (C=O) groups is 1. The Morgan fingerprint density at radius 2 is 2.00 bits per heavy atom. The summed E-state index contributed by atoms with van der Waals surface area (Å²) in [6.45, 7) is 5.10. The van der Waals surface area contributed by atoms with Crippen molar-refractivity contribution >= 4 is 11.6 Å². The van der Waals surface area contributed by atoms with Crippen molar-refractivity contribution in [3.63, 3.8) is 0 Å². The van der Waals surface area contributed by atoms with Crippen molar-refractivity contribution in [2.75, 3.05) is 6.61 Å². The van der Waals surface area contributed by atoms with Crippen LogP contribution in [0, 0.1) is 13.8 Å². The molecule has 0 bridgehead atoms. The zero-order chi connectivity index (χ0) is 20.2. The van der Waals surface area contributed by atoms with Gasteiger partial charge in [0.1, 0.15) is 5.75 Å². The van der Waals surface area contributed by atoms with E-state index in [4.69, 9.17) is 4.74 Å². The largest absolute Gasteiger partial charge is 0.484 e. The second kappa shape index (κ2) is 8.29. The number of nitrogens with zero attached hydrogens (tertiary/aromatic N) is 2. The number of aryl methyl sites for hydroxylation is 2. The molecule has 2 rings (SSSR count). The third-order valence-corrected chi connectivity index (χ3v) is 4.64. The van der Waals surface area contributed by atoms with Crippen LogP contribution < -0.4 is 4.74 Å². The van der Waals surface area contributed by atoms with Crippen molar-refractivity contribution in [2.45, 2.75) is 64.8 Å². The van der Waals surface area contributed by atoms with Gasteiger partial charge in [-0.15, -0.1) is 0 Å². The van der Waals surface area contributed by atoms with Gasteiger partial charge in [0, 0.05) is 12.1 Å². The van der Waals surface area contributed by atoms with Gasteiger partial charge in [0.05, 0.1) is 0 Å². The van der Waals surface area contributed by atoms with E-state index in [9.17, 15) is 23.1 Å². The van der Waals surface area contributed by atoms with E-state index < -0.39 is 30.8 Å². The summed E-state index contributed by atoms with van der Waals surface area (Å²) in [4.78, 5) is 12.3. The molecule has 150 valence electrons. The van der Waals surface area contributed by atoms with E-state index in [-0.39, 0.29) is 10.7 Å². The minimum atomic E-state index is -5.01. The Morgan fingerprint density at radius 3 is 2.59 bits per heavy atom. The average Bonchev–Trinajstić information content (AvgIpc) is 2.94. The highest BCUT2D eigenvalue weighted by Gasteiger charge is 2.63. The van der Waals surface area contributed by atoms with E-state index in [2.05, 4.69) is 5.10 Å². The fraction of sp³-hybridized carbons (Fsp3) is 0.579. The minimum Gasteiger partial charge on any atom is -0.484 e. The Labute approximate surface area is 156 Å². The number of hydrazone groups is 1. The van der Waals surface area contributed by atoms with Gasteiger partial charge in [-0.3, -0.25) is 4.79 Å². The third-order valence-electron chi connectivity index (χ3n) is 4.64. The monoisotopic (exact) mass is 386 g/mol. The molecular weight excluding hydrogens is 361 g/mol. The van der Waals surface area contributed by atoms with Crippen LogP contribution >= 0.6 is 0 Å². The standard InChI is InChI=1S/C19H25F3N2O3/c1-4-5-6-7-15-11-18(26,19(20,21)22)24(23-15)17(25)12-27-16-9-8-13(2)14(3)10-16/h8-10,26H,4-7,11-12H2,1-3H3/t18-/m0/s1. The first-order valence-electron chi connectivity index (χ1n) is 8.97. The van der Waals surface area contributed by atoms with Crippen LogP contribution in [0.3, 0.4) is 0 Å². The molecule has 1 atom stereocenters. The second-order valence-corrected chi connectivity index (χ2v) is 6.85. The smallest absolute Gasteiger partial charge is 0.438 e. The number of unbranched alkanes of at least 4 members (excludes halogenated alkanes) is 2. The predicted molar refractivity (Wildman–Crippen MR) is 95.5 cm³/mol. The highest BCUT2D eigenvalue weighted by Crippen LogP contribution is 2.41. The molecule has 0 saturated carbocycles. The molecule has 0 spiro atoms. The number of aliphatic hydroxyl groups is 1. The van der Waals surface area contributed by atoms with Gasteiger partial charge >= 0.3 is 6.18 Å². The average molecular weight is 386 g/mol. The number of hydrogen-bond acceptors (Lipinski definition) is 4. The summed E-state index contributed by atoms with van der Waals surface area (Å²) in [5.41, 5.74) is -1.19. The van der Waals surface area contributed by atoms with E-state index in [1.165, 1.54) is 0 Å². The molecule has 0 fully saturated rings. The summed E-state index contributed by atoms with van der Waals surface area (Å²) in [5.74, 6) is -0.674. The summed E-state index contributed by atoms with van der Waals surface area (Å²) in [6.07, 6.45) is -3.02. The van der Waals surface area contributed by atoms with Gasteiger partial charge in [-0.2, -0.15) is 23.3 Å². The zero-order valence-electron chi connectivity index (χ0n) is 15.8. The van der Waals surface area contributed by atoms with Gasteiger partial charge in [-0.1, -0.05) is 25.8 Å². The van der Waals surface area contributed by atoms with Gasteiger partial charge in [-0.25, -0.2) is 0 Å². The topological polar surface area (TPSA) is 62.1 Å². The molecule has 1 amide bonds. The van der Waals surface area contributed by atoms with Crippen LogP contribution in [-0.4, -0.2) is 40.2 Å². The molecule has 1 aliphatic rings. The van der Waals surface area contributed by atoms with Crippen LogP contribution in [0.2, 0.25) is 0 Å². The molecule has 1 aromatic rings. The summed E-state index contributed by atoms with van der Waals surface area (Å²) in [6, 6.07) is 5.12. The third kappa shape index (κ3) is 4.80. The lowest BCUT2D eigenvalue weighted by molar-refractivity contribution is -0.302. The maximum atomic E-state index is 13.4. The lowest BCUT2D eigenvalue weighted by Crippen LogP contribution is -2.57. The van der Waals surface area contributed by atoms with Crippen LogP contribution in [0.25, 0.3) is 0 Å². The van der Waals surface area contributed by atoms with E-state index in [1.807, 2.05) is 20.8 Å². The molecule has 8 heteroatoms. The van der Waals surface area contributed by atoms with Crippen molar-refractivity contribution in [3.8, 4) is 5.75 Å². The molecule has 1 heterocycles. The van der Waals surface area contributed by atoms with Crippen molar-refractivity contribution in [2.24, 2.45) is 5.10 Å².